The topological polar surface area (TPSA) is 37.4 Å². The van der Waals surface area contributed by atoms with Gasteiger partial charge in [0.25, 0.3) is 0 Å². The molecule has 0 bridgehead atoms. The maximum absolute atomic E-state index is 13.7. The maximum Gasteiger partial charge on any atom is 0.246 e. The van der Waals surface area contributed by atoms with Crippen molar-refractivity contribution in [1.82, 2.24) is 4.31 Å². The van der Waals surface area contributed by atoms with Gasteiger partial charge < -0.3 is 0 Å². The van der Waals surface area contributed by atoms with E-state index in [1.165, 1.54) is 43.4 Å². The van der Waals surface area contributed by atoms with Gasteiger partial charge in [-0.05, 0) is 35.9 Å². The molecule has 2 rings (SSSR count). The van der Waals surface area contributed by atoms with Crippen LogP contribution in [-0.4, -0.2) is 19.8 Å². The number of sulfonamides is 1. The molecule has 21 heavy (non-hydrogen) atoms. The third kappa shape index (κ3) is 3.66. The quantitative estimate of drug-likeness (QED) is 0.819. The Bertz CT molecular complexity index is 748. The summed E-state index contributed by atoms with van der Waals surface area (Å²) in [6, 6.07) is 9.19. The monoisotopic (exact) mass is 375 g/mol. The zero-order valence-corrected chi connectivity index (χ0v) is 13.5. The first-order valence-electron chi connectivity index (χ1n) is 5.96. The van der Waals surface area contributed by atoms with Gasteiger partial charge in [0.1, 0.15) is 16.5 Å². The van der Waals surface area contributed by atoms with E-state index >= 15 is 0 Å². The lowest BCUT2D eigenvalue weighted by molar-refractivity contribution is 0.459. The van der Waals surface area contributed by atoms with Crippen LogP contribution < -0.4 is 0 Å². The van der Waals surface area contributed by atoms with Crippen molar-refractivity contribution in [3.63, 3.8) is 0 Å². The smallest absolute Gasteiger partial charge is 0.207 e. The van der Waals surface area contributed by atoms with Crippen LogP contribution in [0.3, 0.4) is 0 Å². The molecule has 0 aromatic heterocycles. The molecular weight excluding hydrogens is 364 g/mol. The molecule has 0 spiro atoms. The van der Waals surface area contributed by atoms with Crippen molar-refractivity contribution in [1.29, 1.82) is 0 Å². The second kappa shape index (κ2) is 6.21. The highest BCUT2D eigenvalue weighted by atomic mass is 79.9. The van der Waals surface area contributed by atoms with Crippen molar-refractivity contribution < 1.29 is 17.2 Å². The van der Waals surface area contributed by atoms with Crippen LogP contribution in [0.25, 0.3) is 0 Å². The van der Waals surface area contributed by atoms with Gasteiger partial charge in [-0.2, -0.15) is 4.31 Å². The molecular formula is C14H12BrF2NO2S. The summed E-state index contributed by atoms with van der Waals surface area (Å²) < 4.78 is 52.8. The van der Waals surface area contributed by atoms with E-state index in [0.29, 0.717) is 10.0 Å². The van der Waals surface area contributed by atoms with Crippen LogP contribution in [0, 0.1) is 11.6 Å². The van der Waals surface area contributed by atoms with E-state index in [2.05, 4.69) is 15.9 Å². The second-order valence-corrected chi connectivity index (χ2v) is 7.39. The molecule has 0 saturated carbocycles. The van der Waals surface area contributed by atoms with Crippen molar-refractivity contribution >= 4 is 26.0 Å². The molecule has 0 aliphatic rings. The molecule has 0 amide bonds. The molecule has 0 N–H and O–H groups in total. The maximum atomic E-state index is 13.7. The molecule has 0 heterocycles. The van der Waals surface area contributed by atoms with E-state index in [1.54, 1.807) is 0 Å². The first-order chi connectivity index (χ1) is 9.80. The number of benzene rings is 2. The molecule has 2 aromatic carbocycles. The van der Waals surface area contributed by atoms with Crippen LogP contribution in [0.5, 0.6) is 0 Å². The highest BCUT2D eigenvalue weighted by Crippen LogP contribution is 2.23. The summed E-state index contributed by atoms with van der Waals surface area (Å²) in [6.07, 6.45) is 0. The lowest BCUT2D eigenvalue weighted by atomic mass is 10.2. The minimum absolute atomic E-state index is 0.0224. The predicted molar refractivity (Wildman–Crippen MR) is 79.2 cm³/mol. The van der Waals surface area contributed by atoms with Crippen LogP contribution in [0.1, 0.15) is 5.56 Å². The van der Waals surface area contributed by atoms with Gasteiger partial charge in [-0.1, -0.05) is 28.1 Å². The van der Waals surface area contributed by atoms with Crippen molar-refractivity contribution in [3.05, 3.63) is 64.1 Å². The fourth-order valence-electron chi connectivity index (χ4n) is 1.77. The molecule has 0 radical (unpaired) electrons. The van der Waals surface area contributed by atoms with Crippen molar-refractivity contribution in [2.45, 2.75) is 11.4 Å². The third-order valence-electron chi connectivity index (χ3n) is 2.90. The largest absolute Gasteiger partial charge is 0.246 e. The second-order valence-electron chi connectivity index (χ2n) is 4.46. The van der Waals surface area contributed by atoms with Crippen LogP contribution in [0.4, 0.5) is 8.78 Å². The van der Waals surface area contributed by atoms with Gasteiger partial charge in [0.15, 0.2) is 0 Å². The van der Waals surface area contributed by atoms with Gasteiger partial charge in [-0.15, -0.1) is 0 Å². The Kier molecular flexibility index (Phi) is 4.75. The van der Waals surface area contributed by atoms with Crippen LogP contribution in [-0.2, 0) is 16.6 Å². The SMILES string of the molecule is CN(Cc1ccc(F)cc1)S(=O)(=O)c1cc(Br)ccc1F. The Morgan fingerprint density at radius 3 is 2.33 bits per heavy atom. The molecule has 112 valence electrons. The predicted octanol–water partition coefficient (Wildman–Crippen LogP) is 3.55. The number of hydrogen-bond acceptors (Lipinski definition) is 2. The Hall–Kier alpha value is -1.31. The van der Waals surface area contributed by atoms with E-state index in [9.17, 15) is 17.2 Å². The molecule has 7 heteroatoms. The average Bonchev–Trinajstić information content (AvgIpc) is 2.43. The summed E-state index contributed by atoms with van der Waals surface area (Å²) in [6.45, 7) is 0.0224. The number of rotatable bonds is 4. The van der Waals surface area contributed by atoms with E-state index in [0.717, 1.165) is 10.4 Å². The summed E-state index contributed by atoms with van der Waals surface area (Å²) in [5.74, 6) is -1.22. The van der Waals surface area contributed by atoms with Gasteiger partial charge in [-0.25, -0.2) is 17.2 Å². The first-order valence-corrected chi connectivity index (χ1v) is 8.20. The minimum Gasteiger partial charge on any atom is -0.207 e. The van der Waals surface area contributed by atoms with Crippen molar-refractivity contribution in [2.75, 3.05) is 7.05 Å². The van der Waals surface area contributed by atoms with Crippen LogP contribution >= 0.6 is 15.9 Å². The molecule has 3 nitrogen and oxygen atoms in total. The molecule has 0 aliphatic heterocycles. The Morgan fingerprint density at radius 2 is 1.71 bits per heavy atom. The Labute approximate surface area is 130 Å². The minimum atomic E-state index is -3.97. The van der Waals surface area contributed by atoms with E-state index in [-0.39, 0.29) is 6.54 Å². The van der Waals surface area contributed by atoms with Crippen LogP contribution in [0.2, 0.25) is 0 Å². The van der Waals surface area contributed by atoms with Crippen LogP contribution in [0.15, 0.2) is 51.8 Å². The van der Waals surface area contributed by atoms with Gasteiger partial charge in [-0.3, -0.25) is 0 Å². The summed E-state index contributed by atoms with van der Waals surface area (Å²) >= 11 is 3.12. The Balaban J connectivity index is 2.30. The standard InChI is InChI=1S/C14H12BrF2NO2S/c1-18(9-10-2-5-12(16)6-3-10)21(19,20)14-8-11(15)4-7-13(14)17/h2-8H,9H2,1H3. The van der Waals surface area contributed by atoms with Gasteiger partial charge in [0.2, 0.25) is 10.0 Å². The number of halogens is 3. The van der Waals surface area contributed by atoms with Gasteiger partial charge in [0, 0.05) is 18.1 Å². The normalized spacial score (nSPS) is 11.9. The number of hydrogen-bond donors (Lipinski definition) is 0. The molecule has 0 unspecified atom stereocenters. The molecule has 0 aliphatic carbocycles. The lowest BCUT2D eigenvalue weighted by Gasteiger charge is -2.18. The number of nitrogens with zero attached hydrogens (tertiary/aromatic N) is 1. The molecule has 0 fully saturated rings. The zero-order chi connectivity index (χ0) is 15.6. The molecule has 0 saturated heterocycles. The third-order valence-corrected chi connectivity index (χ3v) is 5.21. The average molecular weight is 376 g/mol. The van der Waals surface area contributed by atoms with Crippen molar-refractivity contribution in [2.24, 2.45) is 0 Å². The zero-order valence-electron chi connectivity index (χ0n) is 11.1. The molecule has 0 atom stereocenters. The summed E-state index contributed by atoms with van der Waals surface area (Å²) in [4.78, 5) is -0.401. The van der Waals surface area contributed by atoms with E-state index in [4.69, 9.17) is 0 Å². The summed E-state index contributed by atoms with van der Waals surface area (Å²) in [5, 5.41) is 0. The van der Waals surface area contributed by atoms with E-state index in [1.807, 2.05) is 0 Å². The Morgan fingerprint density at radius 1 is 1.10 bits per heavy atom. The highest BCUT2D eigenvalue weighted by Gasteiger charge is 2.24. The fourth-order valence-corrected chi connectivity index (χ4v) is 3.53. The molecule has 2 aromatic rings. The fraction of sp³-hybridized carbons (Fsp3) is 0.143. The summed E-state index contributed by atoms with van der Waals surface area (Å²) in [5.41, 5.74) is 0.609. The first kappa shape index (κ1) is 16.1. The van der Waals surface area contributed by atoms with E-state index < -0.39 is 26.6 Å². The lowest BCUT2D eigenvalue weighted by Crippen LogP contribution is -2.27. The van der Waals surface area contributed by atoms with Gasteiger partial charge in [0.05, 0.1) is 0 Å². The van der Waals surface area contributed by atoms with Crippen molar-refractivity contribution in [3.8, 4) is 0 Å². The highest BCUT2D eigenvalue weighted by molar-refractivity contribution is 9.10. The summed E-state index contributed by atoms with van der Waals surface area (Å²) in [7, 11) is -2.62. The van der Waals surface area contributed by atoms with Gasteiger partial charge >= 0.3 is 0 Å².